The quantitative estimate of drug-likeness (QED) is 0.128. The first kappa shape index (κ1) is 25.8. The third-order valence-electron chi connectivity index (χ3n) is 7.05. The maximum absolute atomic E-state index is 6.54. The molecule has 1 heterocycles. The van der Waals surface area contributed by atoms with Crippen LogP contribution in [0, 0.1) is 0 Å². The van der Waals surface area contributed by atoms with Gasteiger partial charge in [0.25, 0.3) is 0 Å². The normalized spacial score (nSPS) is 12.5. The first-order valence-corrected chi connectivity index (χ1v) is 13.6. The van der Waals surface area contributed by atoms with Crippen LogP contribution in [0.25, 0.3) is 39.1 Å². The van der Waals surface area contributed by atoms with E-state index in [9.17, 15) is 0 Å². The van der Waals surface area contributed by atoms with Crippen molar-refractivity contribution in [3.8, 4) is 11.1 Å². The summed E-state index contributed by atoms with van der Waals surface area (Å²) in [4.78, 5) is 9.94. The molecule has 0 amide bonds. The third kappa shape index (κ3) is 5.25. The van der Waals surface area contributed by atoms with E-state index in [0.29, 0.717) is 23.9 Å². The molecule has 6 aromatic rings. The molecule has 5 aromatic carbocycles. The Hall–Kier alpha value is -5.42. The van der Waals surface area contributed by atoms with E-state index in [1.54, 1.807) is 0 Å². The highest BCUT2D eigenvalue weighted by Gasteiger charge is 2.18. The van der Waals surface area contributed by atoms with Gasteiger partial charge in [-0.25, -0.2) is 4.99 Å². The van der Waals surface area contributed by atoms with Gasteiger partial charge >= 0.3 is 0 Å². The number of rotatable bonds is 6. The minimum Gasteiger partial charge on any atom is -0.455 e. The minimum absolute atomic E-state index is 0.394. The highest BCUT2D eigenvalue weighted by molar-refractivity contribution is 6.21. The Morgan fingerprint density at radius 2 is 1.54 bits per heavy atom. The lowest BCUT2D eigenvalue weighted by molar-refractivity contribution is 0.668. The number of anilines is 1. The highest BCUT2D eigenvalue weighted by atomic mass is 16.3. The summed E-state index contributed by atoms with van der Waals surface area (Å²) in [6.45, 7) is 2.40. The van der Waals surface area contributed by atoms with E-state index in [0.717, 1.165) is 55.3 Å². The van der Waals surface area contributed by atoms with Crippen molar-refractivity contribution in [1.29, 1.82) is 0 Å². The van der Waals surface area contributed by atoms with Crippen molar-refractivity contribution in [3.05, 3.63) is 144 Å². The van der Waals surface area contributed by atoms with Gasteiger partial charge in [-0.15, -0.1) is 0 Å². The molecule has 1 aromatic heterocycles. The molecule has 0 fully saturated rings. The second-order valence-corrected chi connectivity index (χ2v) is 9.80. The van der Waals surface area contributed by atoms with Gasteiger partial charge in [-0.1, -0.05) is 103 Å². The summed E-state index contributed by atoms with van der Waals surface area (Å²) in [5, 5.41) is 1.87. The smallest absolute Gasteiger partial charge is 0.158 e. The van der Waals surface area contributed by atoms with E-state index in [2.05, 4.69) is 36.4 Å². The SMILES string of the molecule is C/C=C\c1c(N)ccc2c1oc1cccc(C(N=C(N)c3ccccc3)=NCc3cccc(-c4ccccc4)c3)c12. The molecule has 0 aliphatic rings. The summed E-state index contributed by atoms with van der Waals surface area (Å²) in [7, 11) is 0. The fourth-order valence-corrected chi connectivity index (χ4v) is 5.06. The average Bonchev–Trinajstić information content (AvgIpc) is 3.41. The maximum atomic E-state index is 6.54. The Morgan fingerprint density at radius 1 is 0.805 bits per heavy atom. The van der Waals surface area contributed by atoms with Crippen LogP contribution >= 0.6 is 0 Å². The zero-order chi connectivity index (χ0) is 28.2. The van der Waals surface area contributed by atoms with Crippen molar-refractivity contribution in [2.45, 2.75) is 13.5 Å². The van der Waals surface area contributed by atoms with Gasteiger partial charge in [0.1, 0.15) is 17.0 Å². The first-order chi connectivity index (χ1) is 20.1. The molecular weight excluding hydrogens is 504 g/mol. The van der Waals surface area contributed by atoms with Crippen molar-refractivity contribution in [3.63, 3.8) is 0 Å². The molecule has 0 bridgehead atoms. The molecule has 5 heteroatoms. The molecular formula is C36H30N4O. The largest absolute Gasteiger partial charge is 0.455 e. The minimum atomic E-state index is 0.394. The predicted octanol–water partition coefficient (Wildman–Crippen LogP) is 8.22. The Morgan fingerprint density at radius 3 is 2.32 bits per heavy atom. The fourth-order valence-electron chi connectivity index (χ4n) is 5.06. The van der Waals surface area contributed by atoms with E-state index >= 15 is 0 Å². The summed E-state index contributed by atoms with van der Waals surface area (Å²) in [6, 6.07) is 38.3. The maximum Gasteiger partial charge on any atom is 0.158 e. The van der Waals surface area contributed by atoms with Crippen molar-refractivity contribution in [1.82, 2.24) is 0 Å². The van der Waals surface area contributed by atoms with Gasteiger partial charge in [0.05, 0.1) is 6.54 Å². The van der Waals surface area contributed by atoms with Gasteiger partial charge in [-0.3, -0.25) is 4.99 Å². The topological polar surface area (TPSA) is 89.9 Å². The molecule has 0 radical (unpaired) electrons. The molecule has 0 saturated heterocycles. The Kier molecular flexibility index (Phi) is 7.16. The summed E-state index contributed by atoms with van der Waals surface area (Å²) in [5.41, 5.74) is 20.9. The number of hydrogen-bond donors (Lipinski definition) is 2. The van der Waals surface area contributed by atoms with Crippen molar-refractivity contribution >= 4 is 45.4 Å². The number of benzene rings is 5. The van der Waals surface area contributed by atoms with E-state index in [1.807, 2.05) is 97.9 Å². The van der Waals surface area contributed by atoms with E-state index in [1.165, 1.54) is 0 Å². The Bertz CT molecular complexity index is 1930. The molecule has 4 N–H and O–H groups in total. The van der Waals surface area contributed by atoms with Crippen LogP contribution in [0.5, 0.6) is 0 Å². The van der Waals surface area contributed by atoms with Crippen molar-refractivity contribution < 1.29 is 4.42 Å². The number of nitrogens with two attached hydrogens (primary N) is 2. The van der Waals surface area contributed by atoms with Crippen molar-refractivity contribution in [2.75, 3.05) is 5.73 Å². The highest BCUT2D eigenvalue weighted by Crippen LogP contribution is 2.36. The predicted molar refractivity (Wildman–Crippen MR) is 172 cm³/mol. The number of allylic oxidation sites excluding steroid dienone is 1. The lowest BCUT2D eigenvalue weighted by Gasteiger charge is -2.08. The fraction of sp³-hybridized carbons (Fsp3) is 0.0556. The molecule has 0 aliphatic heterocycles. The number of amidine groups is 2. The van der Waals surface area contributed by atoms with Crippen molar-refractivity contribution in [2.24, 2.45) is 15.7 Å². The Labute approximate surface area is 239 Å². The standard InChI is InChI=1S/C36H30N4O/c1-2-11-28-31(37)21-20-29-33-30(18-10-19-32(33)41-34(28)29)36(40-35(38)26-15-7-4-8-16-26)39-23-24-12-9-17-27(22-24)25-13-5-3-6-14-25/h2-22H,23,37H2,1H3,(H2,38,39,40)/b11-2-. The van der Waals surface area contributed by atoms with Crippen LogP contribution in [-0.2, 0) is 6.54 Å². The molecule has 0 spiro atoms. The molecule has 0 unspecified atom stereocenters. The monoisotopic (exact) mass is 534 g/mol. The lowest BCUT2D eigenvalue weighted by atomic mass is 10.0. The van der Waals surface area contributed by atoms with Gasteiger partial charge in [-0.05, 0) is 47.9 Å². The number of nitrogens with zero attached hydrogens (tertiary/aromatic N) is 2. The molecule has 0 aliphatic carbocycles. The number of aliphatic imine (C=N–C) groups is 2. The van der Waals surface area contributed by atoms with Crippen LogP contribution in [0.3, 0.4) is 0 Å². The lowest BCUT2D eigenvalue weighted by Crippen LogP contribution is -2.16. The van der Waals surface area contributed by atoms with Gasteiger partial charge in [-0.2, -0.15) is 0 Å². The number of furan rings is 1. The van der Waals surface area contributed by atoms with E-state index < -0.39 is 0 Å². The van der Waals surface area contributed by atoms with Crippen LogP contribution in [-0.4, -0.2) is 11.7 Å². The van der Waals surface area contributed by atoms with E-state index in [4.69, 9.17) is 25.9 Å². The van der Waals surface area contributed by atoms with Gasteiger partial charge in [0, 0.05) is 33.2 Å². The zero-order valence-electron chi connectivity index (χ0n) is 22.8. The molecule has 0 atom stereocenters. The second-order valence-electron chi connectivity index (χ2n) is 9.80. The molecule has 6 rings (SSSR count). The zero-order valence-corrected chi connectivity index (χ0v) is 22.8. The van der Waals surface area contributed by atoms with Crippen LogP contribution in [0.15, 0.2) is 136 Å². The summed E-state index contributed by atoms with van der Waals surface area (Å²) < 4.78 is 6.36. The van der Waals surface area contributed by atoms with Crippen LogP contribution in [0.1, 0.15) is 29.2 Å². The van der Waals surface area contributed by atoms with Gasteiger partial charge in [0.2, 0.25) is 0 Å². The molecule has 41 heavy (non-hydrogen) atoms. The van der Waals surface area contributed by atoms with Crippen LogP contribution in [0.2, 0.25) is 0 Å². The number of hydrogen-bond acceptors (Lipinski definition) is 3. The summed E-state index contributed by atoms with van der Waals surface area (Å²) in [6.07, 6.45) is 3.93. The van der Waals surface area contributed by atoms with Crippen LogP contribution in [0.4, 0.5) is 5.69 Å². The van der Waals surface area contributed by atoms with Crippen LogP contribution < -0.4 is 11.5 Å². The average molecular weight is 535 g/mol. The number of fused-ring (bicyclic) bond motifs is 3. The third-order valence-corrected chi connectivity index (χ3v) is 7.05. The molecule has 5 nitrogen and oxygen atoms in total. The summed E-state index contributed by atoms with van der Waals surface area (Å²) in [5.74, 6) is 0.931. The van der Waals surface area contributed by atoms with Gasteiger partial charge < -0.3 is 15.9 Å². The summed E-state index contributed by atoms with van der Waals surface area (Å²) >= 11 is 0. The van der Waals surface area contributed by atoms with E-state index in [-0.39, 0.29) is 0 Å². The number of nitrogen functional groups attached to an aromatic ring is 1. The second kappa shape index (κ2) is 11.4. The Balaban J connectivity index is 1.51. The first-order valence-electron chi connectivity index (χ1n) is 13.6. The molecule has 200 valence electrons. The molecule has 0 saturated carbocycles. The van der Waals surface area contributed by atoms with Gasteiger partial charge in [0.15, 0.2) is 5.84 Å².